The molecule has 0 atom stereocenters. The van der Waals surface area contributed by atoms with Gasteiger partial charge in [0, 0.05) is 11.8 Å². The molecule has 0 aliphatic heterocycles. The lowest BCUT2D eigenvalue weighted by atomic mass is 10.1. The maximum absolute atomic E-state index is 14.2. The largest absolute Gasteiger partial charge is 0.416 e. The Morgan fingerprint density at radius 3 is 2.32 bits per heavy atom. The van der Waals surface area contributed by atoms with Gasteiger partial charge < -0.3 is 5.32 Å². The lowest BCUT2D eigenvalue weighted by molar-refractivity contribution is -0.138. The van der Waals surface area contributed by atoms with Crippen LogP contribution in [0, 0.1) is 17.5 Å². The van der Waals surface area contributed by atoms with Gasteiger partial charge in [-0.05, 0) is 24.3 Å². The number of amides is 1. The van der Waals surface area contributed by atoms with E-state index in [0.717, 1.165) is 36.7 Å². The zero-order chi connectivity index (χ0) is 22.3. The van der Waals surface area contributed by atoms with Gasteiger partial charge in [-0.15, -0.1) is 0 Å². The third-order valence-corrected chi connectivity index (χ3v) is 3.58. The van der Waals surface area contributed by atoms with Crippen molar-refractivity contribution in [3.8, 4) is 0 Å². The van der Waals surface area contributed by atoms with Crippen molar-refractivity contribution in [3.05, 3.63) is 82.9 Å². The molecular formula is C18H11F6N3O. The van der Waals surface area contributed by atoms with E-state index in [0.29, 0.717) is 16.8 Å². The van der Waals surface area contributed by atoms with E-state index < -0.39 is 52.7 Å². The summed E-state index contributed by atoms with van der Waals surface area (Å²) in [7, 11) is 0. The summed E-state index contributed by atoms with van der Waals surface area (Å²) in [5, 5.41) is 5.58. The topological polar surface area (TPSA) is 46.9 Å². The fraction of sp³-hybridized carbons (Fsp3) is 0.111. The summed E-state index contributed by atoms with van der Waals surface area (Å²) in [5.41, 5.74) is -4.04. The minimum absolute atomic E-state index is 0.281. The Kier molecular flexibility index (Phi) is 4.43. The first-order valence-electron chi connectivity index (χ1n) is 8.59. The Morgan fingerprint density at radius 1 is 1.07 bits per heavy atom. The van der Waals surface area contributed by atoms with Crippen LogP contribution < -0.4 is 5.32 Å². The number of halogens is 6. The van der Waals surface area contributed by atoms with E-state index in [1.54, 1.807) is 0 Å². The molecule has 0 saturated heterocycles. The molecule has 10 heteroatoms. The molecule has 1 aromatic heterocycles. The number of alkyl halides is 3. The number of carbonyl (C=O) groups excluding carboxylic acids is 1. The van der Waals surface area contributed by atoms with E-state index in [1.165, 1.54) is 0 Å². The lowest BCUT2D eigenvalue weighted by Crippen LogP contribution is -2.15. The Bertz CT molecular complexity index is 1090. The highest BCUT2D eigenvalue weighted by molar-refractivity contribution is 6.04. The molecule has 0 radical (unpaired) electrons. The number of hydrogen-bond donors (Lipinski definition) is 1. The molecule has 0 spiro atoms. The molecule has 3 rings (SSSR count). The summed E-state index contributed by atoms with van der Waals surface area (Å²) in [6.07, 6.45) is -3.44. The number of anilines is 1. The average molecular weight is 401 g/mol. The van der Waals surface area contributed by atoms with Crippen LogP contribution in [0.2, 0.25) is 0 Å². The van der Waals surface area contributed by atoms with Gasteiger partial charge in [-0.3, -0.25) is 9.48 Å². The zero-order valence-corrected chi connectivity index (χ0v) is 13.7. The third-order valence-electron chi connectivity index (χ3n) is 3.58. The molecule has 0 fully saturated rings. The van der Waals surface area contributed by atoms with Crippen LogP contribution in [0.4, 0.5) is 32.0 Å². The van der Waals surface area contributed by atoms with Crippen molar-refractivity contribution in [1.29, 1.82) is 0 Å². The summed E-state index contributed by atoms with van der Waals surface area (Å²) >= 11 is 0. The lowest BCUT2D eigenvalue weighted by Gasteiger charge is -2.13. The highest BCUT2D eigenvalue weighted by Gasteiger charge is 2.34. The number of rotatable bonds is 4. The second-order valence-electron chi connectivity index (χ2n) is 5.50. The molecule has 3 aromatic rings. The maximum Gasteiger partial charge on any atom is 0.416 e. The van der Waals surface area contributed by atoms with Gasteiger partial charge >= 0.3 is 6.18 Å². The van der Waals surface area contributed by atoms with Crippen LogP contribution in [0.5, 0.6) is 0 Å². The van der Waals surface area contributed by atoms with Gasteiger partial charge in [0.05, 0.1) is 26.7 Å². The van der Waals surface area contributed by atoms with E-state index in [1.807, 2.05) is 0 Å². The molecular weight excluding hydrogens is 388 g/mol. The normalized spacial score (nSPS) is 13.1. The fourth-order valence-electron chi connectivity index (χ4n) is 2.35. The second kappa shape index (κ2) is 7.37. The summed E-state index contributed by atoms with van der Waals surface area (Å²) in [4.78, 5) is 12.1. The summed E-state index contributed by atoms with van der Waals surface area (Å²) in [6.45, 7) is -3.11. The predicted octanol–water partition coefficient (Wildman–Crippen LogP) is 4.62. The van der Waals surface area contributed by atoms with Crippen molar-refractivity contribution in [2.24, 2.45) is 0 Å². The van der Waals surface area contributed by atoms with Gasteiger partial charge in [0.15, 0.2) is 0 Å². The number of nitrogens with zero attached hydrogens (tertiary/aromatic N) is 2. The quantitative estimate of drug-likeness (QED) is 0.649. The molecule has 2 aromatic carbocycles. The summed E-state index contributed by atoms with van der Waals surface area (Å²) < 4.78 is 97.5. The number of aromatic nitrogens is 2. The molecule has 1 amide bonds. The number of nitrogens with one attached hydrogen (secondary N) is 1. The number of hydrogen-bond acceptors (Lipinski definition) is 2. The first kappa shape index (κ1) is 16.8. The second-order valence-corrected chi connectivity index (χ2v) is 5.50. The molecule has 28 heavy (non-hydrogen) atoms. The standard InChI is InChI=1S/C18H11F6N3O/c19-13-4-1-3-12(18(22,23)24)11(13)9-27-8-10(7-25-27)26-17(28)16-14(20)5-2-6-15(16)21/h1-8H,9H2,(H,26,28)/i9D2. The molecule has 4 nitrogen and oxygen atoms in total. The highest BCUT2D eigenvalue weighted by Crippen LogP contribution is 2.33. The van der Waals surface area contributed by atoms with Crippen LogP contribution in [0.1, 0.15) is 24.2 Å². The summed E-state index contributed by atoms with van der Waals surface area (Å²) in [6, 6.07) is 4.70. The molecule has 1 heterocycles. The van der Waals surface area contributed by atoms with Crippen molar-refractivity contribution in [2.75, 3.05) is 5.32 Å². The van der Waals surface area contributed by atoms with Gasteiger partial charge in [-0.1, -0.05) is 12.1 Å². The smallest absolute Gasteiger partial charge is 0.319 e. The molecule has 0 unspecified atom stereocenters. The molecule has 0 saturated carbocycles. The van der Waals surface area contributed by atoms with Crippen molar-refractivity contribution in [2.45, 2.75) is 12.7 Å². The minimum Gasteiger partial charge on any atom is -0.319 e. The zero-order valence-electron chi connectivity index (χ0n) is 15.7. The number of benzene rings is 2. The molecule has 0 bridgehead atoms. The summed E-state index contributed by atoms with van der Waals surface area (Å²) in [5.74, 6) is -5.00. The Morgan fingerprint density at radius 2 is 1.68 bits per heavy atom. The van der Waals surface area contributed by atoms with Gasteiger partial charge in [-0.2, -0.15) is 18.3 Å². The Balaban J connectivity index is 1.96. The first-order chi connectivity index (χ1) is 13.9. The number of carbonyl (C=O) groups is 1. The van der Waals surface area contributed by atoms with Crippen LogP contribution in [-0.4, -0.2) is 15.7 Å². The van der Waals surface area contributed by atoms with E-state index in [4.69, 9.17) is 2.74 Å². The van der Waals surface area contributed by atoms with Crippen LogP contribution in [0.3, 0.4) is 0 Å². The van der Waals surface area contributed by atoms with Gasteiger partial charge in [0.25, 0.3) is 5.91 Å². The SMILES string of the molecule is [2H]C([2H])(c1c(F)cccc1C(F)(F)F)n1cc(NC(=O)c2c(F)cccc2F)cn1. The van der Waals surface area contributed by atoms with Crippen LogP contribution in [-0.2, 0) is 12.7 Å². The van der Waals surface area contributed by atoms with E-state index in [9.17, 15) is 31.1 Å². The van der Waals surface area contributed by atoms with Crippen molar-refractivity contribution in [1.82, 2.24) is 9.78 Å². The van der Waals surface area contributed by atoms with Crippen molar-refractivity contribution in [3.63, 3.8) is 0 Å². The van der Waals surface area contributed by atoms with Crippen LogP contribution >= 0.6 is 0 Å². The van der Waals surface area contributed by atoms with Gasteiger partial charge in [0.2, 0.25) is 0 Å². The Hall–Kier alpha value is -3.30. The molecule has 0 aliphatic rings. The highest BCUT2D eigenvalue weighted by atomic mass is 19.4. The minimum atomic E-state index is -5.04. The fourth-order valence-corrected chi connectivity index (χ4v) is 2.35. The van der Waals surface area contributed by atoms with Gasteiger partial charge in [0.1, 0.15) is 23.0 Å². The van der Waals surface area contributed by atoms with Crippen LogP contribution in [0.25, 0.3) is 0 Å². The Labute approximate surface area is 157 Å². The van der Waals surface area contributed by atoms with E-state index in [-0.39, 0.29) is 5.69 Å². The molecule has 0 aliphatic carbocycles. The van der Waals surface area contributed by atoms with E-state index in [2.05, 4.69) is 10.4 Å². The monoisotopic (exact) mass is 401 g/mol. The van der Waals surface area contributed by atoms with Crippen molar-refractivity contribution >= 4 is 11.6 Å². The van der Waals surface area contributed by atoms with Crippen molar-refractivity contribution < 1.29 is 33.9 Å². The third kappa shape index (κ3) is 4.00. The van der Waals surface area contributed by atoms with E-state index >= 15 is 0 Å². The maximum atomic E-state index is 14.2. The predicted molar refractivity (Wildman–Crippen MR) is 87.0 cm³/mol. The molecule has 1 N–H and O–H groups in total. The average Bonchev–Trinajstić information content (AvgIpc) is 3.09. The molecule has 146 valence electrons. The first-order valence-corrected chi connectivity index (χ1v) is 7.59. The van der Waals surface area contributed by atoms with Gasteiger partial charge in [-0.25, -0.2) is 13.2 Å². The van der Waals surface area contributed by atoms with Crippen LogP contribution in [0.15, 0.2) is 48.8 Å².